The van der Waals surface area contributed by atoms with Crippen LogP contribution in [0.4, 0.5) is 11.6 Å². The number of carbonyl (C=O) groups excluding carboxylic acids is 1. The molecule has 3 aromatic rings. The van der Waals surface area contributed by atoms with Crippen molar-refractivity contribution in [3.8, 4) is 0 Å². The van der Waals surface area contributed by atoms with Crippen molar-refractivity contribution in [2.24, 2.45) is 0 Å². The summed E-state index contributed by atoms with van der Waals surface area (Å²) >= 11 is 5.17. The van der Waals surface area contributed by atoms with Gasteiger partial charge in [0, 0.05) is 56.8 Å². The molecule has 6 rings (SSSR count). The molecule has 1 fully saturated rings. The molecule has 1 saturated heterocycles. The number of fused-ring (bicyclic) bond motifs is 1. The molecule has 35 heavy (non-hydrogen) atoms. The lowest BCUT2D eigenvalue weighted by atomic mass is 10.0. The fraction of sp³-hybridized carbons (Fsp3) is 0.417. The molecule has 182 valence electrons. The molecule has 3 aliphatic rings. The number of hydrogen-bond acceptors (Lipinski definition) is 7. The summed E-state index contributed by atoms with van der Waals surface area (Å²) in [4.78, 5) is 47.2. The maximum Gasteiger partial charge on any atom is 0.252 e. The van der Waals surface area contributed by atoms with E-state index in [0.29, 0.717) is 24.2 Å². The van der Waals surface area contributed by atoms with Gasteiger partial charge in [0.2, 0.25) is 5.91 Å². The first kappa shape index (κ1) is 22.8. The predicted octanol–water partition coefficient (Wildman–Crippen LogP) is 2.52. The molecule has 0 spiro atoms. The summed E-state index contributed by atoms with van der Waals surface area (Å²) in [5.41, 5.74) is 0.623. The number of pyridine rings is 3. The Kier molecular flexibility index (Phi) is 5.73. The van der Waals surface area contributed by atoms with E-state index in [4.69, 9.17) is 4.98 Å². The van der Waals surface area contributed by atoms with Gasteiger partial charge in [0.05, 0.1) is 21.2 Å². The van der Waals surface area contributed by atoms with Gasteiger partial charge < -0.3 is 15.1 Å². The normalized spacial score (nSPS) is 20.2. The first-order valence-electron chi connectivity index (χ1n) is 11.7. The zero-order valence-electron chi connectivity index (χ0n) is 19.2. The van der Waals surface area contributed by atoms with Gasteiger partial charge in [0.25, 0.3) is 11.1 Å². The smallest absolute Gasteiger partial charge is 0.252 e. The van der Waals surface area contributed by atoms with Gasteiger partial charge in [-0.3, -0.25) is 23.5 Å². The van der Waals surface area contributed by atoms with Crippen molar-refractivity contribution in [1.82, 2.24) is 19.0 Å². The lowest BCUT2D eigenvalue weighted by Crippen LogP contribution is -2.46. The maximum atomic E-state index is 12.7. The van der Waals surface area contributed by atoms with E-state index in [1.54, 1.807) is 33.4 Å². The standard InChI is InChI=1S/C24H25BrN6O3S/c1-28(23-17(25)10-18-22(27-23)26-19(32)13-35-18)15-6-8-29(9-7-15)11-16-12-30-20(33)4-2-14-3-5-21(34)31(16)24(14)30/h2-5,10,15-16H,6-9,11-13H2,1H3,(H,26,27,32). The van der Waals surface area contributed by atoms with Crippen molar-refractivity contribution >= 4 is 56.3 Å². The number of likely N-dealkylation sites (tertiary alicyclic amines) is 1. The number of nitrogens with zero attached hydrogens (tertiary/aromatic N) is 5. The third-order valence-corrected chi connectivity index (χ3v) is 8.87. The topological polar surface area (TPSA) is 92.5 Å². The Morgan fingerprint density at radius 2 is 1.89 bits per heavy atom. The van der Waals surface area contributed by atoms with E-state index < -0.39 is 0 Å². The predicted molar refractivity (Wildman–Crippen MR) is 141 cm³/mol. The van der Waals surface area contributed by atoms with Crippen LogP contribution in [0.1, 0.15) is 18.9 Å². The van der Waals surface area contributed by atoms with E-state index in [9.17, 15) is 14.4 Å². The number of amides is 1. The van der Waals surface area contributed by atoms with Crippen molar-refractivity contribution in [2.45, 2.75) is 36.4 Å². The van der Waals surface area contributed by atoms with Gasteiger partial charge in [0.1, 0.15) is 17.3 Å². The number of halogens is 1. The molecular weight excluding hydrogens is 532 g/mol. The Morgan fingerprint density at radius 1 is 1.14 bits per heavy atom. The average molecular weight is 557 g/mol. The van der Waals surface area contributed by atoms with Crippen LogP contribution in [0.5, 0.6) is 0 Å². The van der Waals surface area contributed by atoms with E-state index in [2.05, 4.69) is 38.1 Å². The van der Waals surface area contributed by atoms with Crippen LogP contribution < -0.4 is 21.3 Å². The van der Waals surface area contributed by atoms with Gasteiger partial charge in [0.15, 0.2) is 0 Å². The third-order valence-electron chi connectivity index (χ3n) is 7.26. The number of rotatable bonds is 4. The van der Waals surface area contributed by atoms with Crippen molar-refractivity contribution in [3.05, 3.63) is 55.5 Å². The van der Waals surface area contributed by atoms with E-state index in [-0.39, 0.29) is 23.1 Å². The number of piperidine rings is 1. The Labute approximate surface area is 214 Å². The first-order valence-corrected chi connectivity index (χ1v) is 13.5. The Bertz CT molecular complexity index is 1460. The minimum atomic E-state index is -0.0580. The highest BCUT2D eigenvalue weighted by atomic mass is 79.9. The number of hydrogen-bond donors (Lipinski definition) is 1. The minimum absolute atomic E-state index is 0.0228. The molecule has 3 aromatic heterocycles. The van der Waals surface area contributed by atoms with E-state index in [1.807, 2.05) is 6.07 Å². The molecule has 1 atom stereocenters. The summed E-state index contributed by atoms with van der Waals surface area (Å²) in [5, 5.41) is 3.80. The molecule has 1 amide bonds. The molecule has 1 unspecified atom stereocenters. The summed E-state index contributed by atoms with van der Waals surface area (Å²) in [6, 6.07) is 9.07. The summed E-state index contributed by atoms with van der Waals surface area (Å²) in [7, 11) is 2.05. The molecule has 9 nitrogen and oxygen atoms in total. The largest absolute Gasteiger partial charge is 0.356 e. The molecule has 0 aromatic carbocycles. The Balaban J connectivity index is 1.15. The monoisotopic (exact) mass is 556 g/mol. The van der Waals surface area contributed by atoms with Gasteiger partial charge in [-0.05, 0) is 47.0 Å². The highest BCUT2D eigenvalue weighted by Gasteiger charge is 2.31. The van der Waals surface area contributed by atoms with E-state index in [0.717, 1.165) is 58.7 Å². The highest BCUT2D eigenvalue weighted by molar-refractivity contribution is 9.10. The second-order valence-corrected chi connectivity index (χ2v) is 11.2. The van der Waals surface area contributed by atoms with Crippen LogP contribution >= 0.6 is 27.7 Å². The van der Waals surface area contributed by atoms with Gasteiger partial charge in [-0.15, -0.1) is 11.8 Å². The van der Waals surface area contributed by atoms with E-state index >= 15 is 0 Å². The Hall–Kier alpha value is -2.63. The molecule has 0 saturated carbocycles. The lowest BCUT2D eigenvalue weighted by molar-refractivity contribution is -0.113. The second-order valence-electron chi connectivity index (χ2n) is 9.38. The molecule has 0 radical (unpaired) electrons. The Morgan fingerprint density at radius 3 is 2.66 bits per heavy atom. The van der Waals surface area contributed by atoms with Gasteiger partial charge >= 0.3 is 0 Å². The molecule has 3 aliphatic heterocycles. The molecule has 1 N–H and O–H groups in total. The minimum Gasteiger partial charge on any atom is -0.356 e. The fourth-order valence-corrected chi connectivity index (χ4v) is 7.01. The van der Waals surface area contributed by atoms with Crippen LogP contribution in [0.2, 0.25) is 0 Å². The summed E-state index contributed by atoms with van der Waals surface area (Å²) in [5.74, 6) is 1.85. The van der Waals surface area contributed by atoms with Crippen molar-refractivity contribution in [1.29, 1.82) is 0 Å². The summed E-state index contributed by atoms with van der Waals surface area (Å²) < 4.78 is 4.46. The number of thioether (sulfide) groups is 1. The zero-order chi connectivity index (χ0) is 24.3. The second kappa shape index (κ2) is 8.79. The summed E-state index contributed by atoms with van der Waals surface area (Å²) in [6.07, 6.45) is 1.92. The molecule has 0 bridgehead atoms. The van der Waals surface area contributed by atoms with Crippen molar-refractivity contribution in [2.75, 3.05) is 42.7 Å². The lowest BCUT2D eigenvalue weighted by Gasteiger charge is -2.38. The van der Waals surface area contributed by atoms with Gasteiger partial charge in [-0.25, -0.2) is 4.98 Å². The molecular formula is C24H25BrN6O3S. The molecule has 6 heterocycles. The van der Waals surface area contributed by atoms with Gasteiger partial charge in [-0.1, -0.05) is 0 Å². The number of aromatic nitrogens is 3. The molecule has 0 aliphatic carbocycles. The van der Waals surface area contributed by atoms with Crippen LogP contribution in [-0.4, -0.2) is 63.4 Å². The SMILES string of the molecule is CN(c1nc2c(cc1Br)SCC(=O)N2)C1CCN(CC2Cn3c(=O)ccc4ccc(=O)n2c43)CC1. The van der Waals surface area contributed by atoms with Gasteiger partial charge in [-0.2, -0.15) is 0 Å². The fourth-order valence-electron chi connectivity index (χ4n) is 5.47. The van der Waals surface area contributed by atoms with Crippen molar-refractivity contribution in [3.63, 3.8) is 0 Å². The quantitative estimate of drug-likeness (QED) is 0.527. The van der Waals surface area contributed by atoms with Crippen LogP contribution in [0.25, 0.3) is 11.0 Å². The first-order chi connectivity index (χ1) is 16.9. The van der Waals surface area contributed by atoms with E-state index in [1.165, 1.54) is 11.8 Å². The molecule has 11 heteroatoms. The highest BCUT2D eigenvalue weighted by Crippen LogP contribution is 2.37. The zero-order valence-corrected chi connectivity index (χ0v) is 21.6. The average Bonchev–Trinajstić information content (AvgIpc) is 3.24. The number of nitrogens with one attached hydrogen (secondary N) is 1. The van der Waals surface area contributed by atoms with Crippen LogP contribution in [0.3, 0.4) is 0 Å². The van der Waals surface area contributed by atoms with Crippen LogP contribution in [0, 0.1) is 0 Å². The van der Waals surface area contributed by atoms with Crippen molar-refractivity contribution < 1.29 is 4.79 Å². The number of anilines is 2. The van der Waals surface area contributed by atoms with Crippen LogP contribution in [-0.2, 0) is 11.3 Å². The number of carbonyl (C=O) groups is 1. The van der Waals surface area contributed by atoms with Crippen LogP contribution in [0.15, 0.2) is 49.3 Å². The summed E-state index contributed by atoms with van der Waals surface area (Å²) in [6.45, 7) is 3.07. The third kappa shape index (κ3) is 3.99. The maximum absolute atomic E-state index is 12.7.